The topological polar surface area (TPSA) is 58.6 Å². The molecule has 0 aromatic heterocycles. The lowest BCUT2D eigenvalue weighted by molar-refractivity contribution is 0.0228. The van der Waals surface area contributed by atoms with Crippen LogP contribution in [0.2, 0.25) is 0 Å². The Morgan fingerprint density at radius 1 is 1.43 bits per heavy atom. The van der Waals surface area contributed by atoms with Crippen molar-refractivity contribution in [2.24, 2.45) is 0 Å². The van der Waals surface area contributed by atoms with E-state index in [2.05, 4.69) is 17.2 Å². The fourth-order valence-corrected chi connectivity index (χ4v) is 1.63. The van der Waals surface area contributed by atoms with E-state index in [1.807, 2.05) is 32.9 Å². The number of benzene rings is 1. The minimum Gasteiger partial charge on any atom is -0.395 e. The van der Waals surface area contributed by atoms with Gasteiger partial charge in [-0.3, -0.25) is 4.79 Å². The molecule has 114 valence electrons. The van der Waals surface area contributed by atoms with Crippen molar-refractivity contribution in [1.29, 1.82) is 0 Å². The van der Waals surface area contributed by atoms with E-state index in [4.69, 9.17) is 9.84 Å². The minimum atomic E-state index is -0.414. The SMILES string of the molecule is COC(C)(C)CNC(=O)c1ccc(C)cc1C#CCCO. The fraction of sp³-hybridized carbons (Fsp3) is 0.471. The summed E-state index contributed by atoms with van der Waals surface area (Å²) >= 11 is 0. The van der Waals surface area contributed by atoms with E-state index in [1.54, 1.807) is 13.2 Å². The number of hydrogen-bond donors (Lipinski definition) is 2. The van der Waals surface area contributed by atoms with Gasteiger partial charge < -0.3 is 15.2 Å². The smallest absolute Gasteiger partial charge is 0.252 e. The molecule has 0 heterocycles. The Hall–Kier alpha value is -1.83. The number of methoxy groups -OCH3 is 1. The van der Waals surface area contributed by atoms with Gasteiger partial charge in [-0.25, -0.2) is 0 Å². The van der Waals surface area contributed by atoms with Crippen molar-refractivity contribution in [3.63, 3.8) is 0 Å². The summed E-state index contributed by atoms with van der Waals surface area (Å²) in [6.07, 6.45) is 0.395. The molecule has 0 atom stereocenters. The zero-order chi connectivity index (χ0) is 15.9. The number of ether oxygens (including phenoxy) is 1. The van der Waals surface area contributed by atoms with E-state index >= 15 is 0 Å². The lowest BCUT2D eigenvalue weighted by Crippen LogP contribution is -2.39. The van der Waals surface area contributed by atoms with Gasteiger partial charge in [-0.05, 0) is 38.5 Å². The van der Waals surface area contributed by atoms with E-state index in [0.717, 1.165) is 5.56 Å². The number of aliphatic hydroxyl groups is 1. The van der Waals surface area contributed by atoms with Gasteiger partial charge in [0.05, 0.1) is 17.8 Å². The highest BCUT2D eigenvalue weighted by Crippen LogP contribution is 2.12. The quantitative estimate of drug-likeness (QED) is 0.814. The van der Waals surface area contributed by atoms with Crippen molar-refractivity contribution < 1.29 is 14.6 Å². The van der Waals surface area contributed by atoms with Crippen LogP contribution in [-0.2, 0) is 4.74 Å². The Bertz CT molecular complexity index is 553. The van der Waals surface area contributed by atoms with Gasteiger partial charge in [-0.15, -0.1) is 0 Å². The number of hydrogen-bond acceptors (Lipinski definition) is 3. The molecule has 4 heteroatoms. The molecule has 0 saturated carbocycles. The molecule has 1 aromatic rings. The molecular formula is C17H23NO3. The number of amides is 1. The Balaban J connectivity index is 2.91. The molecule has 1 aromatic carbocycles. The molecule has 0 aliphatic heterocycles. The third-order valence-corrected chi connectivity index (χ3v) is 3.11. The van der Waals surface area contributed by atoms with Crippen LogP contribution in [0.4, 0.5) is 0 Å². The van der Waals surface area contributed by atoms with Crippen LogP contribution in [0.1, 0.15) is 41.8 Å². The first-order chi connectivity index (χ1) is 9.89. The van der Waals surface area contributed by atoms with Gasteiger partial charge in [0.15, 0.2) is 0 Å². The van der Waals surface area contributed by atoms with Crippen LogP contribution in [0.15, 0.2) is 18.2 Å². The second-order valence-electron chi connectivity index (χ2n) is 5.47. The molecule has 21 heavy (non-hydrogen) atoms. The highest BCUT2D eigenvalue weighted by molar-refractivity contribution is 5.96. The first-order valence-corrected chi connectivity index (χ1v) is 6.93. The zero-order valence-electron chi connectivity index (χ0n) is 13.1. The second kappa shape index (κ2) is 7.82. The number of aryl methyl sites for hydroxylation is 1. The first kappa shape index (κ1) is 17.2. The molecule has 4 nitrogen and oxygen atoms in total. The lowest BCUT2D eigenvalue weighted by atomic mass is 10.0. The van der Waals surface area contributed by atoms with E-state index in [9.17, 15) is 4.79 Å². The summed E-state index contributed by atoms with van der Waals surface area (Å²) in [4.78, 5) is 12.3. The first-order valence-electron chi connectivity index (χ1n) is 6.93. The van der Waals surface area contributed by atoms with Gasteiger partial charge in [-0.1, -0.05) is 17.9 Å². The Morgan fingerprint density at radius 3 is 2.76 bits per heavy atom. The maximum absolute atomic E-state index is 12.3. The molecule has 0 unspecified atom stereocenters. The van der Waals surface area contributed by atoms with Crippen LogP contribution in [0.3, 0.4) is 0 Å². The van der Waals surface area contributed by atoms with Crippen LogP contribution in [0.5, 0.6) is 0 Å². The molecule has 0 aliphatic rings. The van der Waals surface area contributed by atoms with Crippen LogP contribution in [0.25, 0.3) is 0 Å². The van der Waals surface area contributed by atoms with Crippen molar-refractivity contribution in [2.75, 3.05) is 20.3 Å². The third kappa shape index (κ3) is 5.58. The summed E-state index contributed by atoms with van der Waals surface area (Å²) in [6, 6.07) is 5.53. The van der Waals surface area contributed by atoms with Crippen LogP contribution in [-0.4, -0.2) is 36.9 Å². The average molecular weight is 289 g/mol. The monoisotopic (exact) mass is 289 g/mol. The predicted octanol–water partition coefficient (Wildman–Crippen LogP) is 1.88. The van der Waals surface area contributed by atoms with Gasteiger partial charge in [0.1, 0.15) is 0 Å². The highest BCUT2D eigenvalue weighted by Gasteiger charge is 2.18. The minimum absolute atomic E-state index is 0.0162. The molecule has 0 saturated heterocycles. The summed E-state index contributed by atoms with van der Waals surface area (Å²) in [5.74, 6) is 5.62. The fourth-order valence-electron chi connectivity index (χ4n) is 1.63. The van der Waals surface area contributed by atoms with Crippen LogP contribution in [0, 0.1) is 18.8 Å². The molecule has 0 fully saturated rings. The molecule has 0 bridgehead atoms. The largest absolute Gasteiger partial charge is 0.395 e. The summed E-state index contributed by atoms with van der Waals surface area (Å²) < 4.78 is 5.28. The average Bonchev–Trinajstić information content (AvgIpc) is 2.45. The molecule has 0 radical (unpaired) electrons. The number of carbonyl (C=O) groups excluding carboxylic acids is 1. The predicted molar refractivity (Wildman–Crippen MR) is 83.2 cm³/mol. The maximum Gasteiger partial charge on any atom is 0.252 e. The normalized spacial score (nSPS) is 10.7. The molecule has 0 spiro atoms. The van der Waals surface area contributed by atoms with Crippen molar-refractivity contribution in [2.45, 2.75) is 32.8 Å². The number of nitrogens with one attached hydrogen (secondary N) is 1. The second-order valence-corrected chi connectivity index (χ2v) is 5.47. The Morgan fingerprint density at radius 2 is 2.14 bits per heavy atom. The molecule has 1 amide bonds. The van der Waals surface area contributed by atoms with E-state index in [-0.39, 0.29) is 12.5 Å². The van der Waals surface area contributed by atoms with Gasteiger partial charge >= 0.3 is 0 Å². The van der Waals surface area contributed by atoms with Gasteiger partial charge in [0.25, 0.3) is 5.91 Å². The van der Waals surface area contributed by atoms with E-state index in [1.165, 1.54) is 0 Å². The molecular weight excluding hydrogens is 266 g/mol. The number of aliphatic hydroxyl groups excluding tert-OH is 1. The van der Waals surface area contributed by atoms with E-state index in [0.29, 0.717) is 24.1 Å². The van der Waals surface area contributed by atoms with Gasteiger partial charge in [-0.2, -0.15) is 0 Å². The van der Waals surface area contributed by atoms with Crippen LogP contribution < -0.4 is 5.32 Å². The third-order valence-electron chi connectivity index (χ3n) is 3.11. The van der Waals surface area contributed by atoms with Crippen molar-refractivity contribution >= 4 is 5.91 Å². The molecule has 1 rings (SSSR count). The zero-order valence-corrected chi connectivity index (χ0v) is 13.1. The molecule has 2 N–H and O–H groups in total. The van der Waals surface area contributed by atoms with Crippen LogP contribution >= 0.6 is 0 Å². The standard InChI is InChI=1S/C17H23NO3/c1-13-8-9-15(14(11-13)7-5-6-10-19)16(20)18-12-17(2,3)21-4/h8-9,11,19H,6,10,12H2,1-4H3,(H,18,20). The van der Waals surface area contributed by atoms with Crippen molar-refractivity contribution in [1.82, 2.24) is 5.32 Å². The van der Waals surface area contributed by atoms with E-state index < -0.39 is 5.60 Å². The summed E-state index contributed by atoms with van der Waals surface area (Å²) in [7, 11) is 1.61. The Kier molecular flexibility index (Phi) is 6.41. The lowest BCUT2D eigenvalue weighted by Gasteiger charge is -2.23. The van der Waals surface area contributed by atoms with Gasteiger partial charge in [0, 0.05) is 25.6 Å². The summed E-state index contributed by atoms with van der Waals surface area (Å²) in [5.41, 5.74) is 1.84. The summed E-state index contributed by atoms with van der Waals surface area (Å²) in [5, 5.41) is 11.6. The molecule has 0 aliphatic carbocycles. The highest BCUT2D eigenvalue weighted by atomic mass is 16.5. The van der Waals surface area contributed by atoms with Crippen molar-refractivity contribution in [3.8, 4) is 11.8 Å². The summed E-state index contributed by atoms with van der Waals surface area (Å²) in [6.45, 7) is 6.20. The number of rotatable bonds is 5. The Labute approximate surface area is 126 Å². The maximum atomic E-state index is 12.3. The number of carbonyl (C=O) groups is 1. The van der Waals surface area contributed by atoms with Gasteiger partial charge in [0.2, 0.25) is 0 Å². The van der Waals surface area contributed by atoms with Crippen molar-refractivity contribution in [3.05, 3.63) is 34.9 Å².